The molecule has 0 bridgehead atoms. The summed E-state index contributed by atoms with van der Waals surface area (Å²) in [5, 5.41) is 2.21. The first kappa shape index (κ1) is 22.8. The summed E-state index contributed by atoms with van der Waals surface area (Å²) in [4.78, 5) is 4.55. The van der Waals surface area contributed by atoms with E-state index >= 15 is 0 Å². The van der Waals surface area contributed by atoms with E-state index in [0.29, 0.717) is 0 Å². The molecular formula is C18H20AlCl2NTi. The summed E-state index contributed by atoms with van der Waals surface area (Å²) in [5.41, 5.74) is 3.09. The van der Waals surface area contributed by atoms with Gasteiger partial charge in [0.1, 0.15) is 0 Å². The van der Waals surface area contributed by atoms with Crippen LogP contribution >= 0.6 is 10.0 Å². The Kier molecular flexibility index (Phi) is 13.0. The third-order valence-electron chi connectivity index (χ3n) is 2.78. The molecule has 1 aromatic heterocycles. The number of hydrogen-bond donors (Lipinski definition) is 0. The fourth-order valence-electron chi connectivity index (χ4n) is 1.71. The van der Waals surface area contributed by atoms with Gasteiger partial charge >= 0.3 is 34.0 Å². The topological polar surface area (TPSA) is 14.1 Å². The van der Waals surface area contributed by atoms with E-state index in [-0.39, 0.29) is 21.7 Å². The van der Waals surface area contributed by atoms with Crippen LogP contribution < -0.4 is 4.98 Å². The summed E-state index contributed by atoms with van der Waals surface area (Å²) in [5.74, 6) is 0. The average Bonchev–Trinajstić information content (AvgIpc) is 3.02. The van der Waals surface area contributed by atoms with Crippen molar-refractivity contribution in [1.29, 1.82) is 0 Å². The molecule has 2 aromatic carbocycles. The molecule has 0 saturated carbocycles. The third-order valence-corrected chi connectivity index (χ3v) is 5.34. The maximum Gasteiger partial charge on any atom is 2.00 e. The second-order valence-electron chi connectivity index (χ2n) is 4.29. The first-order valence-corrected chi connectivity index (χ1v) is 11.7. The van der Waals surface area contributed by atoms with Gasteiger partial charge in [0.15, 0.2) is 0 Å². The number of rotatable bonds is 2. The van der Waals surface area contributed by atoms with Crippen LogP contribution in [-0.4, -0.2) is 12.3 Å². The number of para-hydroxylation sites is 1. The molecule has 0 fully saturated rings. The van der Waals surface area contributed by atoms with Crippen LogP contribution in [-0.2, 0) is 21.7 Å². The van der Waals surface area contributed by atoms with Gasteiger partial charge in [0.2, 0.25) is 0 Å². The van der Waals surface area contributed by atoms with Gasteiger partial charge in [0, 0.05) is 0 Å². The Morgan fingerprint density at radius 3 is 2.30 bits per heavy atom. The van der Waals surface area contributed by atoms with E-state index in [1.54, 1.807) is 6.92 Å². The molecule has 0 radical (unpaired) electrons. The molecule has 1 heterocycles. The van der Waals surface area contributed by atoms with Gasteiger partial charge in [0.25, 0.3) is 0 Å². The largest absolute Gasteiger partial charge is 2.00 e. The molecule has 5 heteroatoms. The van der Waals surface area contributed by atoms with Crippen molar-refractivity contribution in [2.24, 2.45) is 0 Å². The molecule has 0 amide bonds. The second kappa shape index (κ2) is 13.1. The van der Waals surface area contributed by atoms with Gasteiger partial charge in [-0.25, -0.2) is 5.69 Å². The predicted octanol–water partition coefficient (Wildman–Crippen LogP) is 5.12. The number of aromatic nitrogens is 1. The molecule has 118 valence electrons. The van der Waals surface area contributed by atoms with Gasteiger partial charge in [-0.2, -0.15) is 22.5 Å². The number of halogens is 2. The van der Waals surface area contributed by atoms with Crippen molar-refractivity contribution < 1.29 is 31.8 Å². The van der Waals surface area contributed by atoms with E-state index in [9.17, 15) is 0 Å². The Balaban J connectivity index is 0.000000527. The zero-order chi connectivity index (χ0) is 16.4. The van der Waals surface area contributed by atoms with E-state index in [4.69, 9.17) is 10.0 Å². The van der Waals surface area contributed by atoms with Gasteiger partial charge in [-0.15, -0.1) is 41.9 Å². The van der Waals surface area contributed by atoms with Crippen LogP contribution in [0.2, 0.25) is 5.28 Å². The van der Waals surface area contributed by atoms with Crippen LogP contribution in [0.15, 0.2) is 54.6 Å². The zero-order valence-corrected chi connectivity index (χ0v) is 17.7. The van der Waals surface area contributed by atoms with E-state index in [1.165, 1.54) is 5.39 Å². The quantitative estimate of drug-likeness (QED) is 0.434. The minimum absolute atomic E-state index is 0. The van der Waals surface area contributed by atoms with E-state index in [0.717, 1.165) is 22.1 Å². The van der Waals surface area contributed by atoms with Crippen LogP contribution in [0.25, 0.3) is 22.2 Å². The Morgan fingerprint density at radius 2 is 1.78 bits per heavy atom. The molecule has 0 aliphatic heterocycles. The van der Waals surface area contributed by atoms with Crippen molar-refractivity contribution >= 4 is 33.3 Å². The van der Waals surface area contributed by atoms with E-state index in [1.807, 2.05) is 49.4 Å². The van der Waals surface area contributed by atoms with Crippen molar-refractivity contribution in [1.82, 2.24) is 4.98 Å². The van der Waals surface area contributed by atoms with Gasteiger partial charge in [-0.05, 0) is 5.28 Å². The summed E-state index contributed by atoms with van der Waals surface area (Å²) in [6, 6.07) is 21.3. The van der Waals surface area contributed by atoms with E-state index in [2.05, 4.69) is 40.2 Å². The summed E-state index contributed by atoms with van der Waals surface area (Å²) in [7, 11) is 10.1. The summed E-state index contributed by atoms with van der Waals surface area (Å²) in [6.07, 6.45) is 0. The summed E-state index contributed by atoms with van der Waals surface area (Å²) in [6.45, 7) is 7.02. The average molecular weight is 396 g/mol. The molecule has 1 nitrogen and oxygen atoms in total. The van der Waals surface area contributed by atoms with Crippen LogP contribution in [0.5, 0.6) is 0 Å². The van der Waals surface area contributed by atoms with Crippen molar-refractivity contribution in [3.05, 3.63) is 67.6 Å². The van der Waals surface area contributed by atoms with Gasteiger partial charge in [0.05, 0.1) is 0 Å². The van der Waals surface area contributed by atoms with E-state index < -0.39 is 12.3 Å². The Morgan fingerprint density at radius 1 is 1.17 bits per heavy atom. The zero-order valence-electron chi connectivity index (χ0n) is 13.4. The van der Waals surface area contributed by atoms with Crippen LogP contribution in [0.3, 0.4) is 0 Å². The van der Waals surface area contributed by atoms with Crippen LogP contribution in [0.4, 0.5) is 0 Å². The molecule has 0 atom stereocenters. The molecule has 0 N–H and O–H groups in total. The van der Waals surface area contributed by atoms with Crippen molar-refractivity contribution in [2.45, 2.75) is 19.1 Å². The molecule has 3 rings (SSSR count). The minimum Gasteiger partial charge on any atom is -0.701 e. The van der Waals surface area contributed by atoms with Crippen LogP contribution in [0.1, 0.15) is 13.8 Å². The SMILES string of the molecule is C[CH2][Al]([Cl])[ClH+].[CH2-]C.[Ti+2].[c-]1ccccc1-c1cc2ccccc2[n-]1. The van der Waals surface area contributed by atoms with Crippen molar-refractivity contribution in [3.63, 3.8) is 0 Å². The monoisotopic (exact) mass is 395 g/mol. The van der Waals surface area contributed by atoms with Crippen LogP contribution in [0, 0.1) is 23.0 Å². The third kappa shape index (κ3) is 7.95. The Hall–Kier alpha value is -0.193. The second-order valence-corrected chi connectivity index (χ2v) is 10.00. The molecule has 0 aliphatic carbocycles. The molecule has 0 spiro atoms. The first-order valence-electron chi connectivity index (χ1n) is 7.21. The molecule has 0 unspecified atom stereocenters. The number of benzene rings is 2. The Labute approximate surface area is 167 Å². The number of nitrogens with zero attached hydrogens (tertiary/aromatic N) is 1. The van der Waals surface area contributed by atoms with Gasteiger partial charge in [-0.3, -0.25) is 0 Å². The van der Waals surface area contributed by atoms with Crippen molar-refractivity contribution in [3.8, 4) is 11.3 Å². The molecular weight excluding hydrogens is 376 g/mol. The number of fused-ring (bicyclic) bond motifs is 1. The van der Waals surface area contributed by atoms with Gasteiger partial charge < -0.3 is 11.9 Å². The predicted molar refractivity (Wildman–Crippen MR) is 96.1 cm³/mol. The normalized spacial score (nSPS) is 8.91. The maximum absolute atomic E-state index is 5.42. The fourth-order valence-corrected chi connectivity index (χ4v) is 1.71. The molecule has 3 aromatic rings. The maximum atomic E-state index is 5.42. The smallest absolute Gasteiger partial charge is 0.701 e. The first-order chi connectivity index (χ1) is 10.7. The van der Waals surface area contributed by atoms with Crippen molar-refractivity contribution in [2.75, 3.05) is 0 Å². The molecule has 0 aliphatic rings. The molecule has 23 heavy (non-hydrogen) atoms. The summed E-state index contributed by atoms with van der Waals surface area (Å²) < 4.78 is 0. The number of hydrogen-bond acceptors (Lipinski definition) is 0. The Bertz CT molecular complexity index is 623. The standard InChI is InChI=1S/C14H9N.2C2H5.Al.2ClH.Ti/c1-2-6-11(7-3-1)14-10-12-8-4-5-9-13(12)15-14;2*1-2;;;;/h1-6,8-10H;2*1H2,2H3;;2*1H;/q-2;;-1;+2;;;+2/p-1. The molecule has 0 saturated heterocycles. The fraction of sp³-hybridized carbons (Fsp3) is 0.167. The summed E-state index contributed by atoms with van der Waals surface area (Å²) >= 11 is -1.09. The minimum atomic E-state index is -1.09. The van der Waals surface area contributed by atoms with Gasteiger partial charge in [-0.1, -0.05) is 46.6 Å².